The number of rotatable bonds is 6. The summed E-state index contributed by atoms with van der Waals surface area (Å²) in [6.07, 6.45) is 3.88. The van der Waals surface area contributed by atoms with Gasteiger partial charge in [-0.15, -0.1) is 0 Å². The molecule has 1 saturated heterocycles. The molecule has 2 heteroatoms. The van der Waals surface area contributed by atoms with E-state index in [1.54, 1.807) is 0 Å². The summed E-state index contributed by atoms with van der Waals surface area (Å²) >= 11 is 0. The average molecular weight is 274 g/mol. The fraction of sp³-hybridized carbons (Fsp3) is 0.667. The van der Waals surface area contributed by atoms with Crippen molar-refractivity contribution in [2.75, 3.05) is 26.7 Å². The minimum absolute atomic E-state index is 0.847. The third-order valence-corrected chi connectivity index (χ3v) is 4.73. The van der Waals surface area contributed by atoms with Crippen LogP contribution in [0.4, 0.5) is 0 Å². The maximum absolute atomic E-state index is 3.25. The Balaban J connectivity index is 1.90. The van der Waals surface area contributed by atoms with Crippen LogP contribution < -0.4 is 5.32 Å². The molecule has 0 spiro atoms. The fourth-order valence-electron chi connectivity index (χ4n) is 3.23. The Kier molecular flexibility index (Phi) is 6.06. The van der Waals surface area contributed by atoms with Crippen molar-refractivity contribution in [2.24, 2.45) is 11.8 Å². The lowest BCUT2D eigenvalue weighted by atomic mass is 9.86. The van der Waals surface area contributed by atoms with Gasteiger partial charge in [0.1, 0.15) is 0 Å². The van der Waals surface area contributed by atoms with Crippen molar-refractivity contribution in [2.45, 2.75) is 39.7 Å². The molecule has 1 aliphatic heterocycles. The van der Waals surface area contributed by atoms with Gasteiger partial charge in [-0.25, -0.2) is 0 Å². The zero-order valence-electron chi connectivity index (χ0n) is 13.4. The van der Waals surface area contributed by atoms with Gasteiger partial charge in [0.2, 0.25) is 0 Å². The second kappa shape index (κ2) is 7.80. The third kappa shape index (κ3) is 4.32. The van der Waals surface area contributed by atoms with Gasteiger partial charge in [-0.05, 0) is 68.9 Å². The van der Waals surface area contributed by atoms with Crippen LogP contribution in [-0.2, 0) is 13.0 Å². The van der Waals surface area contributed by atoms with E-state index in [0.29, 0.717) is 0 Å². The molecule has 0 bridgehead atoms. The van der Waals surface area contributed by atoms with Gasteiger partial charge in [0.25, 0.3) is 0 Å². The van der Waals surface area contributed by atoms with Crippen LogP contribution in [0.15, 0.2) is 24.3 Å². The van der Waals surface area contributed by atoms with E-state index in [0.717, 1.165) is 31.3 Å². The van der Waals surface area contributed by atoms with Crippen LogP contribution in [0.25, 0.3) is 0 Å². The molecule has 2 nitrogen and oxygen atoms in total. The lowest BCUT2D eigenvalue weighted by Gasteiger charge is -2.34. The van der Waals surface area contributed by atoms with Crippen LogP contribution in [0.3, 0.4) is 0 Å². The predicted octanol–water partition coefficient (Wildman–Crippen LogP) is 3.32. The maximum Gasteiger partial charge on any atom is 0.0236 e. The highest BCUT2D eigenvalue weighted by Crippen LogP contribution is 2.25. The molecule has 0 amide bonds. The van der Waals surface area contributed by atoms with Gasteiger partial charge < -0.3 is 5.32 Å². The van der Waals surface area contributed by atoms with Crippen LogP contribution >= 0.6 is 0 Å². The lowest BCUT2D eigenvalue weighted by molar-refractivity contribution is 0.151. The monoisotopic (exact) mass is 274 g/mol. The van der Waals surface area contributed by atoms with Crippen molar-refractivity contribution in [3.8, 4) is 0 Å². The molecule has 1 heterocycles. The third-order valence-electron chi connectivity index (χ3n) is 4.73. The highest BCUT2D eigenvalue weighted by Gasteiger charge is 2.21. The first kappa shape index (κ1) is 15.5. The standard InChI is InChI=1S/C18H30N2/c1-15(2)16-9-12-20(13-10-16)14-18-7-5-4-6-17(18)8-11-19-3/h4-7,15-16,19H,8-14H2,1-3H3. The van der Waals surface area contributed by atoms with E-state index < -0.39 is 0 Å². The Labute approximate surface area is 124 Å². The Morgan fingerprint density at radius 2 is 1.80 bits per heavy atom. The molecular formula is C18H30N2. The predicted molar refractivity (Wildman–Crippen MR) is 86.9 cm³/mol. The van der Waals surface area contributed by atoms with Crippen LogP contribution in [0, 0.1) is 11.8 Å². The summed E-state index contributed by atoms with van der Waals surface area (Å²) in [7, 11) is 2.03. The quantitative estimate of drug-likeness (QED) is 0.856. The van der Waals surface area contributed by atoms with Gasteiger partial charge in [0.05, 0.1) is 0 Å². The molecule has 0 unspecified atom stereocenters. The topological polar surface area (TPSA) is 15.3 Å². The molecule has 0 aromatic heterocycles. The van der Waals surface area contributed by atoms with Crippen LogP contribution in [-0.4, -0.2) is 31.6 Å². The molecule has 0 atom stereocenters. The molecule has 1 aliphatic rings. The Bertz CT molecular complexity index is 392. The zero-order chi connectivity index (χ0) is 14.4. The Hall–Kier alpha value is -0.860. The van der Waals surface area contributed by atoms with E-state index in [4.69, 9.17) is 0 Å². The first-order chi connectivity index (χ1) is 9.70. The fourth-order valence-corrected chi connectivity index (χ4v) is 3.23. The largest absolute Gasteiger partial charge is 0.319 e. The number of benzene rings is 1. The molecule has 20 heavy (non-hydrogen) atoms. The van der Waals surface area contributed by atoms with Crippen molar-refractivity contribution in [1.29, 1.82) is 0 Å². The molecule has 0 radical (unpaired) electrons. The summed E-state index contributed by atoms with van der Waals surface area (Å²) in [4.78, 5) is 2.64. The summed E-state index contributed by atoms with van der Waals surface area (Å²) < 4.78 is 0. The summed E-state index contributed by atoms with van der Waals surface area (Å²) in [6.45, 7) is 9.46. The second-order valence-corrected chi connectivity index (χ2v) is 6.48. The summed E-state index contributed by atoms with van der Waals surface area (Å²) in [5.74, 6) is 1.78. The molecule has 2 rings (SSSR count). The Morgan fingerprint density at radius 3 is 2.40 bits per heavy atom. The summed E-state index contributed by atoms with van der Waals surface area (Å²) in [5, 5.41) is 3.25. The van der Waals surface area contributed by atoms with Crippen LogP contribution in [0.1, 0.15) is 37.8 Å². The molecule has 1 aromatic rings. The highest BCUT2D eigenvalue weighted by molar-refractivity contribution is 5.27. The van der Waals surface area contributed by atoms with Gasteiger partial charge in [0.15, 0.2) is 0 Å². The van der Waals surface area contributed by atoms with Gasteiger partial charge in [-0.2, -0.15) is 0 Å². The number of piperidine rings is 1. The number of likely N-dealkylation sites (N-methyl/N-ethyl adjacent to an activating group) is 1. The maximum atomic E-state index is 3.25. The van der Waals surface area contributed by atoms with Crippen molar-refractivity contribution in [3.63, 3.8) is 0 Å². The molecular weight excluding hydrogens is 244 g/mol. The number of likely N-dealkylation sites (tertiary alicyclic amines) is 1. The second-order valence-electron chi connectivity index (χ2n) is 6.48. The van der Waals surface area contributed by atoms with Crippen LogP contribution in [0.5, 0.6) is 0 Å². The van der Waals surface area contributed by atoms with Gasteiger partial charge >= 0.3 is 0 Å². The van der Waals surface area contributed by atoms with Gasteiger partial charge in [-0.3, -0.25) is 4.90 Å². The summed E-state index contributed by atoms with van der Waals surface area (Å²) in [5.41, 5.74) is 3.03. The van der Waals surface area contributed by atoms with E-state index in [-0.39, 0.29) is 0 Å². The average Bonchev–Trinajstić information content (AvgIpc) is 2.47. The zero-order valence-corrected chi connectivity index (χ0v) is 13.4. The van der Waals surface area contributed by atoms with E-state index in [1.165, 1.54) is 37.1 Å². The van der Waals surface area contributed by atoms with Gasteiger partial charge in [-0.1, -0.05) is 38.1 Å². The van der Waals surface area contributed by atoms with Crippen molar-refractivity contribution >= 4 is 0 Å². The van der Waals surface area contributed by atoms with E-state index >= 15 is 0 Å². The van der Waals surface area contributed by atoms with Crippen molar-refractivity contribution in [1.82, 2.24) is 10.2 Å². The normalized spacial score (nSPS) is 17.8. The lowest BCUT2D eigenvalue weighted by Crippen LogP contribution is -2.35. The van der Waals surface area contributed by atoms with E-state index in [1.807, 2.05) is 7.05 Å². The molecule has 1 N–H and O–H groups in total. The minimum atomic E-state index is 0.847. The van der Waals surface area contributed by atoms with E-state index in [2.05, 4.69) is 48.3 Å². The molecule has 1 fully saturated rings. The smallest absolute Gasteiger partial charge is 0.0236 e. The van der Waals surface area contributed by atoms with Crippen molar-refractivity contribution < 1.29 is 0 Å². The Morgan fingerprint density at radius 1 is 1.15 bits per heavy atom. The summed E-state index contributed by atoms with van der Waals surface area (Å²) in [6, 6.07) is 8.94. The first-order valence-electron chi connectivity index (χ1n) is 8.14. The number of nitrogens with zero attached hydrogens (tertiary/aromatic N) is 1. The number of hydrogen-bond acceptors (Lipinski definition) is 2. The molecule has 0 aliphatic carbocycles. The number of nitrogens with one attached hydrogen (secondary N) is 1. The highest BCUT2D eigenvalue weighted by atomic mass is 15.1. The SMILES string of the molecule is CNCCc1ccccc1CN1CCC(C(C)C)CC1. The molecule has 1 aromatic carbocycles. The minimum Gasteiger partial charge on any atom is -0.319 e. The van der Waals surface area contributed by atoms with Crippen molar-refractivity contribution in [3.05, 3.63) is 35.4 Å². The van der Waals surface area contributed by atoms with E-state index in [9.17, 15) is 0 Å². The van der Waals surface area contributed by atoms with Crippen LogP contribution in [0.2, 0.25) is 0 Å². The first-order valence-corrected chi connectivity index (χ1v) is 8.14. The molecule has 112 valence electrons. The van der Waals surface area contributed by atoms with Gasteiger partial charge in [0, 0.05) is 6.54 Å². The number of hydrogen-bond donors (Lipinski definition) is 1. The molecule has 0 saturated carbocycles.